The summed E-state index contributed by atoms with van der Waals surface area (Å²) in [6, 6.07) is 1.84. The van der Waals surface area contributed by atoms with Crippen LogP contribution in [-0.2, 0) is 16.4 Å². The van der Waals surface area contributed by atoms with Gasteiger partial charge in [0, 0.05) is 24.8 Å². The first-order valence-electron chi connectivity index (χ1n) is 6.02. The number of aryl methyl sites for hydroxylation is 2. The van der Waals surface area contributed by atoms with Crippen molar-refractivity contribution in [2.24, 2.45) is 0 Å². The number of aromatic nitrogens is 2. The van der Waals surface area contributed by atoms with E-state index in [9.17, 15) is 8.42 Å². The molecular formula is C11H20N4O2S. The Morgan fingerprint density at radius 2 is 2.00 bits per heavy atom. The summed E-state index contributed by atoms with van der Waals surface area (Å²) in [6.45, 7) is 6.33. The zero-order valence-electron chi connectivity index (χ0n) is 11.0. The van der Waals surface area contributed by atoms with Gasteiger partial charge in [-0.3, -0.25) is 0 Å². The molecule has 0 saturated carbocycles. The van der Waals surface area contributed by atoms with Crippen molar-refractivity contribution in [3.05, 3.63) is 17.6 Å². The van der Waals surface area contributed by atoms with E-state index in [0.717, 1.165) is 12.1 Å². The van der Waals surface area contributed by atoms with Crippen LogP contribution < -0.4 is 10.0 Å². The van der Waals surface area contributed by atoms with E-state index in [4.69, 9.17) is 0 Å². The molecule has 0 spiro atoms. The molecule has 0 unspecified atom stereocenters. The number of hydrogen-bond donors (Lipinski definition) is 2. The maximum atomic E-state index is 11.4. The van der Waals surface area contributed by atoms with E-state index in [1.54, 1.807) is 6.92 Å². The van der Waals surface area contributed by atoms with Crippen molar-refractivity contribution in [3.63, 3.8) is 0 Å². The molecule has 0 aromatic carbocycles. The lowest BCUT2D eigenvalue weighted by Crippen LogP contribution is -2.29. The first kappa shape index (κ1) is 14.8. The number of sulfonamides is 1. The van der Waals surface area contributed by atoms with Gasteiger partial charge in [-0.1, -0.05) is 13.8 Å². The second-order valence-electron chi connectivity index (χ2n) is 3.89. The molecule has 1 heterocycles. The number of rotatable bonds is 7. The highest BCUT2D eigenvalue weighted by atomic mass is 32.2. The van der Waals surface area contributed by atoms with E-state index < -0.39 is 10.0 Å². The number of hydrogen-bond acceptors (Lipinski definition) is 5. The van der Waals surface area contributed by atoms with Crippen molar-refractivity contribution >= 4 is 15.8 Å². The van der Waals surface area contributed by atoms with Crippen LogP contribution in [0.5, 0.6) is 0 Å². The van der Waals surface area contributed by atoms with Crippen LogP contribution >= 0.6 is 0 Å². The molecule has 1 aromatic heterocycles. The van der Waals surface area contributed by atoms with Crippen LogP contribution in [0.15, 0.2) is 6.07 Å². The summed E-state index contributed by atoms with van der Waals surface area (Å²) < 4.78 is 25.3. The fourth-order valence-electron chi connectivity index (χ4n) is 1.51. The summed E-state index contributed by atoms with van der Waals surface area (Å²) in [6.07, 6.45) is 0.827. The molecule has 18 heavy (non-hydrogen) atoms. The van der Waals surface area contributed by atoms with Gasteiger partial charge in [-0.2, -0.15) is 0 Å². The molecule has 0 aliphatic rings. The number of nitrogens with one attached hydrogen (secondary N) is 2. The molecule has 0 fully saturated rings. The molecule has 0 bridgehead atoms. The highest BCUT2D eigenvalue weighted by Crippen LogP contribution is 2.06. The van der Waals surface area contributed by atoms with Crippen molar-refractivity contribution in [2.45, 2.75) is 27.2 Å². The molecule has 0 aliphatic carbocycles. The van der Waals surface area contributed by atoms with Gasteiger partial charge in [0.1, 0.15) is 11.6 Å². The minimum atomic E-state index is -3.18. The summed E-state index contributed by atoms with van der Waals surface area (Å²) in [4.78, 5) is 8.47. The topological polar surface area (TPSA) is 84.0 Å². The Kier molecular flexibility index (Phi) is 5.49. The third-order valence-corrected chi connectivity index (χ3v) is 3.76. The zero-order valence-corrected chi connectivity index (χ0v) is 11.8. The Balaban J connectivity index is 2.56. The SMILES string of the molecule is CCNS(=O)(=O)CCNc1cc(CC)nc(C)n1. The Morgan fingerprint density at radius 1 is 1.28 bits per heavy atom. The molecule has 0 saturated heterocycles. The van der Waals surface area contributed by atoms with Crippen LogP contribution in [0.3, 0.4) is 0 Å². The molecule has 7 heteroatoms. The second-order valence-corrected chi connectivity index (χ2v) is 5.82. The largest absolute Gasteiger partial charge is 0.369 e. The molecule has 1 rings (SSSR count). The quantitative estimate of drug-likeness (QED) is 0.763. The highest BCUT2D eigenvalue weighted by molar-refractivity contribution is 7.89. The van der Waals surface area contributed by atoms with Gasteiger partial charge >= 0.3 is 0 Å². The minimum Gasteiger partial charge on any atom is -0.369 e. The third kappa shape index (κ3) is 4.97. The molecule has 6 nitrogen and oxygen atoms in total. The van der Waals surface area contributed by atoms with E-state index in [1.807, 2.05) is 19.9 Å². The van der Waals surface area contributed by atoms with Crippen LogP contribution in [0.25, 0.3) is 0 Å². The fourth-order valence-corrected chi connectivity index (χ4v) is 2.46. The standard InChI is InChI=1S/C11H20N4O2S/c1-4-10-8-11(15-9(3)14-10)12-6-7-18(16,17)13-5-2/h8,13H,4-7H2,1-3H3,(H,12,14,15). The predicted octanol–water partition coefficient (Wildman–Crippen LogP) is 0.699. The predicted molar refractivity (Wildman–Crippen MR) is 72.1 cm³/mol. The van der Waals surface area contributed by atoms with Crippen molar-refractivity contribution in [2.75, 3.05) is 24.2 Å². The molecule has 0 atom stereocenters. The Morgan fingerprint density at radius 3 is 2.61 bits per heavy atom. The van der Waals surface area contributed by atoms with Gasteiger partial charge in [-0.15, -0.1) is 0 Å². The van der Waals surface area contributed by atoms with Crippen molar-refractivity contribution in [3.8, 4) is 0 Å². The summed E-state index contributed by atoms with van der Waals surface area (Å²) >= 11 is 0. The van der Waals surface area contributed by atoms with Crippen LogP contribution in [-0.4, -0.2) is 37.2 Å². The molecule has 0 radical (unpaired) electrons. The zero-order chi connectivity index (χ0) is 13.6. The number of nitrogens with zero attached hydrogens (tertiary/aromatic N) is 2. The van der Waals surface area contributed by atoms with E-state index in [-0.39, 0.29) is 5.75 Å². The van der Waals surface area contributed by atoms with Crippen molar-refractivity contribution < 1.29 is 8.42 Å². The Labute approximate surface area is 108 Å². The van der Waals surface area contributed by atoms with Gasteiger partial charge in [0.2, 0.25) is 10.0 Å². The van der Waals surface area contributed by atoms with Gasteiger partial charge in [-0.05, 0) is 13.3 Å². The lowest BCUT2D eigenvalue weighted by atomic mass is 10.3. The molecule has 0 amide bonds. The molecular weight excluding hydrogens is 252 g/mol. The second kappa shape index (κ2) is 6.65. The highest BCUT2D eigenvalue weighted by Gasteiger charge is 2.08. The van der Waals surface area contributed by atoms with Gasteiger partial charge in [0.15, 0.2) is 0 Å². The summed E-state index contributed by atoms with van der Waals surface area (Å²) in [5, 5.41) is 3.00. The third-order valence-electron chi connectivity index (χ3n) is 2.29. The lowest BCUT2D eigenvalue weighted by molar-refractivity contribution is 0.584. The van der Waals surface area contributed by atoms with Crippen LogP contribution in [0, 0.1) is 6.92 Å². The monoisotopic (exact) mass is 272 g/mol. The molecule has 102 valence electrons. The normalized spacial score (nSPS) is 11.5. The Bertz CT molecular complexity index is 488. The van der Waals surface area contributed by atoms with Gasteiger partial charge < -0.3 is 5.32 Å². The fraction of sp³-hybridized carbons (Fsp3) is 0.636. The maximum Gasteiger partial charge on any atom is 0.213 e. The van der Waals surface area contributed by atoms with Crippen LogP contribution in [0.4, 0.5) is 5.82 Å². The molecule has 1 aromatic rings. The van der Waals surface area contributed by atoms with Gasteiger partial charge in [0.05, 0.1) is 5.75 Å². The van der Waals surface area contributed by atoms with Crippen molar-refractivity contribution in [1.29, 1.82) is 0 Å². The van der Waals surface area contributed by atoms with Crippen LogP contribution in [0.2, 0.25) is 0 Å². The van der Waals surface area contributed by atoms with Gasteiger partial charge in [-0.25, -0.2) is 23.1 Å². The van der Waals surface area contributed by atoms with Gasteiger partial charge in [0.25, 0.3) is 0 Å². The Hall–Kier alpha value is -1.21. The summed E-state index contributed by atoms with van der Waals surface area (Å²) in [7, 11) is -3.18. The average Bonchev–Trinajstić information content (AvgIpc) is 2.27. The number of anilines is 1. The van der Waals surface area contributed by atoms with E-state index in [1.165, 1.54) is 0 Å². The van der Waals surface area contributed by atoms with E-state index in [2.05, 4.69) is 20.0 Å². The van der Waals surface area contributed by atoms with Crippen molar-refractivity contribution in [1.82, 2.24) is 14.7 Å². The maximum absolute atomic E-state index is 11.4. The lowest BCUT2D eigenvalue weighted by Gasteiger charge is -2.08. The van der Waals surface area contributed by atoms with Crippen LogP contribution in [0.1, 0.15) is 25.4 Å². The van der Waals surface area contributed by atoms with E-state index in [0.29, 0.717) is 24.7 Å². The minimum absolute atomic E-state index is 0.0331. The smallest absolute Gasteiger partial charge is 0.213 e. The average molecular weight is 272 g/mol. The molecule has 2 N–H and O–H groups in total. The first-order chi connectivity index (χ1) is 8.46. The molecule has 0 aliphatic heterocycles. The summed E-state index contributed by atoms with van der Waals surface area (Å²) in [5.41, 5.74) is 0.944. The van der Waals surface area contributed by atoms with E-state index >= 15 is 0 Å². The summed E-state index contributed by atoms with van der Waals surface area (Å²) in [5.74, 6) is 1.39. The first-order valence-corrected chi connectivity index (χ1v) is 7.68.